The van der Waals surface area contributed by atoms with Crippen LogP contribution in [0.5, 0.6) is 0 Å². The van der Waals surface area contributed by atoms with Crippen molar-refractivity contribution >= 4 is 23.3 Å². The smallest absolute Gasteiger partial charge is 0.338 e. The first kappa shape index (κ1) is 14.8. The zero-order valence-corrected chi connectivity index (χ0v) is 11.5. The fourth-order valence-electron chi connectivity index (χ4n) is 1.57. The van der Waals surface area contributed by atoms with E-state index in [1.54, 1.807) is 6.07 Å². The Morgan fingerprint density at radius 3 is 2.72 bits per heavy atom. The third kappa shape index (κ3) is 3.62. The Bertz CT molecular complexity index is 434. The lowest BCUT2D eigenvalue weighted by molar-refractivity contribution is 0.0600. The number of rotatable bonds is 5. The van der Waals surface area contributed by atoms with Crippen LogP contribution in [0.1, 0.15) is 21.5 Å². The van der Waals surface area contributed by atoms with Gasteiger partial charge in [0, 0.05) is 12.2 Å². The van der Waals surface area contributed by atoms with Crippen molar-refractivity contribution in [2.24, 2.45) is 0 Å². The molecule has 0 saturated heterocycles. The van der Waals surface area contributed by atoms with E-state index >= 15 is 0 Å². The number of esters is 1. The van der Waals surface area contributed by atoms with Gasteiger partial charge < -0.3 is 15.2 Å². The van der Waals surface area contributed by atoms with Crippen LogP contribution in [0.2, 0.25) is 0 Å². The topological polar surface area (TPSA) is 58.6 Å². The van der Waals surface area contributed by atoms with Gasteiger partial charge in [0.2, 0.25) is 0 Å². The minimum atomic E-state index is -0.616. The molecule has 18 heavy (non-hydrogen) atoms. The zero-order chi connectivity index (χ0) is 13.7. The number of halogens is 1. The van der Waals surface area contributed by atoms with Crippen LogP contribution in [-0.4, -0.2) is 36.7 Å². The molecule has 0 aliphatic carbocycles. The largest absolute Gasteiger partial charge is 0.465 e. The van der Waals surface area contributed by atoms with Gasteiger partial charge in [-0.05, 0) is 37.1 Å². The monoisotopic (exact) mass is 271 g/mol. The van der Waals surface area contributed by atoms with Crippen LogP contribution < -0.4 is 5.32 Å². The first-order chi connectivity index (χ1) is 8.49. The van der Waals surface area contributed by atoms with Gasteiger partial charge in [-0.3, -0.25) is 0 Å². The highest BCUT2D eigenvalue weighted by Gasteiger charge is 2.12. The van der Waals surface area contributed by atoms with Gasteiger partial charge in [-0.2, -0.15) is 0 Å². The van der Waals surface area contributed by atoms with Crippen molar-refractivity contribution in [1.29, 1.82) is 0 Å². The van der Waals surface area contributed by atoms with E-state index in [9.17, 15) is 9.90 Å². The highest BCUT2D eigenvalue weighted by molar-refractivity contribution is 6.18. The van der Waals surface area contributed by atoms with Gasteiger partial charge in [-0.15, -0.1) is 11.6 Å². The Balaban J connectivity index is 2.94. The number of nitrogens with one attached hydrogen (secondary N) is 1. The summed E-state index contributed by atoms with van der Waals surface area (Å²) in [4.78, 5) is 11.6. The number of methoxy groups -OCH3 is 1. The minimum absolute atomic E-state index is 0.168. The molecule has 0 aliphatic heterocycles. The summed E-state index contributed by atoms with van der Waals surface area (Å²) in [6.45, 7) is 4.14. The quantitative estimate of drug-likeness (QED) is 0.636. The Morgan fingerprint density at radius 1 is 1.50 bits per heavy atom. The van der Waals surface area contributed by atoms with E-state index in [2.05, 4.69) is 5.32 Å². The van der Waals surface area contributed by atoms with Crippen molar-refractivity contribution in [2.45, 2.75) is 20.0 Å². The molecule has 100 valence electrons. The standard InChI is InChI=1S/C13H18ClNO3/c1-8-4-10(15-7-11(16)6-14)5-12(9(8)2)13(17)18-3/h4-5,11,15-16H,6-7H2,1-3H3. The fraction of sp³-hybridized carbons (Fsp3) is 0.462. The second kappa shape index (κ2) is 6.61. The lowest BCUT2D eigenvalue weighted by Gasteiger charge is -2.14. The van der Waals surface area contributed by atoms with E-state index in [4.69, 9.17) is 16.3 Å². The molecule has 1 rings (SSSR count). The van der Waals surface area contributed by atoms with E-state index in [0.29, 0.717) is 12.1 Å². The van der Waals surface area contributed by atoms with E-state index in [1.165, 1.54) is 7.11 Å². The molecular weight excluding hydrogens is 254 g/mol. The fourth-order valence-corrected chi connectivity index (χ4v) is 1.68. The van der Waals surface area contributed by atoms with E-state index in [0.717, 1.165) is 16.8 Å². The van der Waals surface area contributed by atoms with Crippen LogP contribution in [0.25, 0.3) is 0 Å². The van der Waals surface area contributed by atoms with Gasteiger partial charge in [0.25, 0.3) is 0 Å². The number of carbonyl (C=O) groups is 1. The molecule has 2 N–H and O–H groups in total. The Morgan fingerprint density at radius 2 is 2.17 bits per heavy atom. The molecule has 0 aliphatic rings. The van der Waals surface area contributed by atoms with Crippen molar-refractivity contribution in [3.63, 3.8) is 0 Å². The molecule has 0 aromatic heterocycles. The summed E-state index contributed by atoms with van der Waals surface area (Å²) in [5.74, 6) is -0.195. The zero-order valence-electron chi connectivity index (χ0n) is 10.8. The summed E-state index contributed by atoms with van der Waals surface area (Å²) < 4.78 is 4.74. The van der Waals surface area contributed by atoms with Crippen molar-refractivity contribution in [1.82, 2.24) is 0 Å². The van der Waals surface area contributed by atoms with Crippen molar-refractivity contribution in [3.8, 4) is 0 Å². The Hall–Kier alpha value is -1.26. The van der Waals surface area contributed by atoms with E-state index < -0.39 is 6.10 Å². The molecule has 1 unspecified atom stereocenters. The van der Waals surface area contributed by atoms with Crippen LogP contribution in [0.4, 0.5) is 5.69 Å². The highest BCUT2D eigenvalue weighted by atomic mass is 35.5. The molecular formula is C13H18ClNO3. The molecule has 4 nitrogen and oxygen atoms in total. The number of aliphatic hydroxyl groups is 1. The van der Waals surface area contributed by atoms with Gasteiger partial charge in [0.05, 0.1) is 24.7 Å². The first-order valence-electron chi connectivity index (χ1n) is 5.67. The van der Waals surface area contributed by atoms with Crippen molar-refractivity contribution < 1.29 is 14.6 Å². The van der Waals surface area contributed by atoms with Crippen molar-refractivity contribution in [3.05, 3.63) is 28.8 Å². The van der Waals surface area contributed by atoms with Gasteiger partial charge >= 0.3 is 5.97 Å². The molecule has 0 heterocycles. The molecule has 1 aromatic rings. The second-order valence-corrected chi connectivity index (χ2v) is 4.45. The lowest BCUT2D eigenvalue weighted by Crippen LogP contribution is -2.21. The SMILES string of the molecule is COC(=O)c1cc(NCC(O)CCl)cc(C)c1C. The van der Waals surface area contributed by atoms with Gasteiger partial charge in [0.15, 0.2) is 0 Å². The van der Waals surface area contributed by atoms with Gasteiger partial charge in [0.1, 0.15) is 0 Å². The number of anilines is 1. The molecule has 0 bridgehead atoms. The molecule has 5 heteroatoms. The number of alkyl halides is 1. The van der Waals surface area contributed by atoms with Crippen LogP contribution in [-0.2, 0) is 4.74 Å². The van der Waals surface area contributed by atoms with E-state index in [-0.39, 0.29) is 11.8 Å². The van der Waals surface area contributed by atoms with Gasteiger partial charge in [-0.1, -0.05) is 0 Å². The minimum Gasteiger partial charge on any atom is -0.465 e. The van der Waals surface area contributed by atoms with Crippen LogP contribution in [0, 0.1) is 13.8 Å². The summed E-state index contributed by atoms with van der Waals surface area (Å²) in [5.41, 5.74) is 3.18. The number of hydrogen-bond acceptors (Lipinski definition) is 4. The highest BCUT2D eigenvalue weighted by Crippen LogP contribution is 2.20. The summed E-state index contributed by atoms with van der Waals surface area (Å²) in [6, 6.07) is 3.64. The number of benzene rings is 1. The Labute approximate surface area is 112 Å². The normalized spacial score (nSPS) is 12.1. The third-order valence-corrected chi connectivity index (χ3v) is 3.15. The maximum absolute atomic E-state index is 11.6. The Kier molecular flexibility index (Phi) is 5.44. The number of aliphatic hydroxyl groups excluding tert-OH is 1. The molecule has 1 atom stereocenters. The number of hydrogen-bond donors (Lipinski definition) is 2. The predicted octanol–water partition coefficient (Wildman–Crippen LogP) is 2.10. The predicted molar refractivity (Wildman–Crippen MR) is 72.5 cm³/mol. The first-order valence-corrected chi connectivity index (χ1v) is 6.20. The van der Waals surface area contributed by atoms with E-state index in [1.807, 2.05) is 19.9 Å². The van der Waals surface area contributed by atoms with Gasteiger partial charge in [-0.25, -0.2) is 4.79 Å². The maximum atomic E-state index is 11.6. The third-order valence-electron chi connectivity index (χ3n) is 2.79. The molecule has 0 amide bonds. The molecule has 0 radical (unpaired) electrons. The summed E-state index contributed by atoms with van der Waals surface area (Å²) in [6.07, 6.45) is -0.616. The van der Waals surface area contributed by atoms with Crippen molar-refractivity contribution in [2.75, 3.05) is 24.9 Å². The number of aryl methyl sites for hydroxylation is 1. The van der Waals surface area contributed by atoms with Crippen LogP contribution in [0.15, 0.2) is 12.1 Å². The number of carbonyl (C=O) groups excluding carboxylic acids is 1. The molecule has 1 aromatic carbocycles. The second-order valence-electron chi connectivity index (χ2n) is 4.15. The number of ether oxygens (including phenoxy) is 1. The van der Waals surface area contributed by atoms with Crippen LogP contribution >= 0.6 is 11.6 Å². The lowest BCUT2D eigenvalue weighted by atomic mass is 10.0. The van der Waals surface area contributed by atoms with Crippen LogP contribution in [0.3, 0.4) is 0 Å². The summed E-state index contributed by atoms with van der Waals surface area (Å²) in [5, 5.41) is 12.4. The molecule has 0 spiro atoms. The average molecular weight is 272 g/mol. The summed E-state index contributed by atoms with van der Waals surface area (Å²) >= 11 is 5.51. The maximum Gasteiger partial charge on any atom is 0.338 e. The molecule has 0 fully saturated rings. The average Bonchev–Trinajstić information content (AvgIpc) is 2.38. The summed E-state index contributed by atoms with van der Waals surface area (Å²) in [7, 11) is 1.36. The molecule has 0 saturated carbocycles.